The molecule has 0 aliphatic rings. The highest BCUT2D eigenvalue weighted by molar-refractivity contribution is 5.89. The lowest BCUT2D eigenvalue weighted by Gasteiger charge is -2.15. The summed E-state index contributed by atoms with van der Waals surface area (Å²) >= 11 is 0. The van der Waals surface area contributed by atoms with Crippen LogP contribution in [-0.2, 0) is 0 Å². The minimum absolute atomic E-state index is 0.00547. The van der Waals surface area contributed by atoms with E-state index in [2.05, 4.69) is 24.5 Å². The predicted octanol–water partition coefficient (Wildman–Crippen LogP) is 3.91. The van der Waals surface area contributed by atoms with Gasteiger partial charge in [-0.15, -0.1) is 0 Å². The summed E-state index contributed by atoms with van der Waals surface area (Å²) in [4.78, 5) is 11.6. The van der Waals surface area contributed by atoms with Crippen LogP contribution in [0.25, 0.3) is 0 Å². The molecular weight excluding hydrogens is 250 g/mol. The monoisotopic (exact) mass is 270 g/mol. The lowest BCUT2D eigenvalue weighted by molar-refractivity contribution is 0.248. The second-order valence-corrected chi connectivity index (χ2v) is 5.09. The molecule has 19 heavy (non-hydrogen) atoms. The van der Waals surface area contributed by atoms with E-state index >= 15 is 0 Å². The average Bonchev–Trinajstić information content (AvgIpc) is 2.30. The number of amides is 2. The van der Waals surface area contributed by atoms with Crippen LogP contribution in [0.5, 0.6) is 0 Å². The van der Waals surface area contributed by atoms with Crippen molar-refractivity contribution in [3.05, 3.63) is 29.8 Å². The number of urea groups is 1. The molecule has 2 N–H and O–H groups in total. The summed E-state index contributed by atoms with van der Waals surface area (Å²) in [5.74, 6) is -0.888. The number of hydrogen-bond acceptors (Lipinski definition) is 1. The Kier molecular flexibility index (Phi) is 5.73. The molecule has 3 nitrogen and oxygen atoms in total. The van der Waals surface area contributed by atoms with Gasteiger partial charge < -0.3 is 10.6 Å². The van der Waals surface area contributed by atoms with Crippen molar-refractivity contribution in [2.24, 2.45) is 5.92 Å². The summed E-state index contributed by atoms with van der Waals surface area (Å²) < 4.78 is 26.0. The Hall–Kier alpha value is -1.65. The zero-order chi connectivity index (χ0) is 14.4. The third-order valence-corrected chi connectivity index (χ3v) is 2.73. The van der Waals surface area contributed by atoms with E-state index in [1.165, 1.54) is 6.07 Å². The van der Waals surface area contributed by atoms with Crippen molar-refractivity contribution >= 4 is 11.7 Å². The van der Waals surface area contributed by atoms with Crippen LogP contribution >= 0.6 is 0 Å². The molecule has 2 amide bonds. The van der Waals surface area contributed by atoms with Crippen molar-refractivity contribution in [2.45, 2.75) is 39.7 Å². The Morgan fingerprint density at radius 2 is 1.89 bits per heavy atom. The van der Waals surface area contributed by atoms with Gasteiger partial charge in [-0.1, -0.05) is 13.8 Å². The molecule has 1 atom stereocenters. The van der Waals surface area contributed by atoms with E-state index in [1.54, 1.807) is 0 Å². The zero-order valence-corrected chi connectivity index (χ0v) is 11.5. The number of benzene rings is 1. The topological polar surface area (TPSA) is 41.1 Å². The van der Waals surface area contributed by atoms with Gasteiger partial charge in [-0.2, -0.15) is 0 Å². The van der Waals surface area contributed by atoms with Crippen molar-refractivity contribution in [1.29, 1.82) is 0 Å². The molecule has 0 aliphatic carbocycles. The van der Waals surface area contributed by atoms with E-state index in [4.69, 9.17) is 0 Å². The van der Waals surface area contributed by atoms with Crippen molar-refractivity contribution in [3.8, 4) is 0 Å². The third kappa shape index (κ3) is 5.68. The molecule has 106 valence electrons. The lowest BCUT2D eigenvalue weighted by atomic mass is 10.0. The van der Waals surface area contributed by atoms with Gasteiger partial charge in [0.05, 0.1) is 5.69 Å². The largest absolute Gasteiger partial charge is 0.335 e. The lowest BCUT2D eigenvalue weighted by Crippen LogP contribution is -2.36. The van der Waals surface area contributed by atoms with Crippen molar-refractivity contribution in [1.82, 2.24) is 5.32 Å². The van der Waals surface area contributed by atoms with Crippen molar-refractivity contribution in [3.63, 3.8) is 0 Å². The SMILES string of the molecule is CC(C)CCC(C)NC(=O)Nc1ccc(F)cc1F. The number of hydrogen-bond donors (Lipinski definition) is 2. The molecule has 1 rings (SSSR count). The first-order chi connectivity index (χ1) is 8.88. The third-order valence-electron chi connectivity index (χ3n) is 2.73. The fourth-order valence-electron chi connectivity index (χ4n) is 1.63. The molecule has 0 aromatic heterocycles. The predicted molar refractivity (Wildman–Crippen MR) is 72.0 cm³/mol. The molecule has 0 radical (unpaired) electrons. The Bertz CT molecular complexity index is 435. The van der Waals surface area contributed by atoms with Crippen molar-refractivity contribution in [2.75, 3.05) is 5.32 Å². The quantitative estimate of drug-likeness (QED) is 0.836. The maximum Gasteiger partial charge on any atom is 0.319 e. The van der Waals surface area contributed by atoms with Gasteiger partial charge in [0, 0.05) is 12.1 Å². The van der Waals surface area contributed by atoms with E-state index in [0.717, 1.165) is 25.0 Å². The van der Waals surface area contributed by atoms with Crippen LogP contribution in [0.15, 0.2) is 18.2 Å². The highest BCUT2D eigenvalue weighted by Crippen LogP contribution is 2.14. The van der Waals surface area contributed by atoms with Crippen molar-refractivity contribution < 1.29 is 13.6 Å². The molecule has 1 unspecified atom stereocenters. The molecule has 0 fully saturated rings. The highest BCUT2D eigenvalue weighted by atomic mass is 19.1. The van der Waals surface area contributed by atoms with Gasteiger partial charge in [-0.25, -0.2) is 13.6 Å². The van der Waals surface area contributed by atoms with Gasteiger partial charge >= 0.3 is 6.03 Å². The van der Waals surface area contributed by atoms with E-state index in [-0.39, 0.29) is 11.7 Å². The molecular formula is C14H20F2N2O. The Morgan fingerprint density at radius 3 is 2.47 bits per heavy atom. The minimum atomic E-state index is -0.787. The number of nitrogens with one attached hydrogen (secondary N) is 2. The van der Waals surface area contributed by atoms with Gasteiger partial charge in [0.15, 0.2) is 0 Å². The number of carbonyl (C=O) groups is 1. The molecule has 0 bridgehead atoms. The van der Waals surface area contributed by atoms with Crippen LogP contribution in [0.3, 0.4) is 0 Å². The molecule has 1 aromatic rings. The number of anilines is 1. The summed E-state index contributed by atoms with van der Waals surface area (Å²) in [6, 6.07) is 2.55. The summed E-state index contributed by atoms with van der Waals surface area (Å²) in [6.45, 7) is 6.12. The normalized spacial score (nSPS) is 12.3. The van der Waals surface area contributed by atoms with Crippen LogP contribution in [0.1, 0.15) is 33.6 Å². The summed E-state index contributed by atoms with van der Waals surface area (Å²) in [5.41, 5.74) is -0.0324. The number of carbonyl (C=O) groups excluding carboxylic acids is 1. The van der Waals surface area contributed by atoms with Crippen LogP contribution < -0.4 is 10.6 Å². The maximum atomic E-state index is 13.3. The second kappa shape index (κ2) is 7.07. The standard InChI is InChI=1S/C14H20F2N2O/c1-9(2)4-5-10(3)17-14(19)18-13-7-6-11(15)8-12(13)16/h6-10H,4-5H2,1-3H3,(H2,17,18,19). The Balaban J connectivity index is 2.46. The van der Waals surface area contributed by atoms with E-state index in [0.29, 0.717) is 5.92 Å². The smallest absolute Gasteiger partial charge is 0.319 e. The van der Waals surface area contributed by atoms with Crippen LogP contribution in [0.2, 0.25) is 0 Å². The molecule has 0 aliphatic heterocycles. The average molecular weight is 270 g/mol. The second-order valence-electron chi connectivity index (χ2n) is 5.09. The summed E-state index contributed by atoms with van der Waals surface area (Å²) in [7, 11) is 0. The number of halogens is 2. The Morgan fingerprint density at radius 1 is 1.21 bits per heavy atom. The van der Waals surface area contributed by atoms with Gasteiger partial charge in [0.2, 0.25) is 0 Å². The molecule has 0 heterocycles. The van der Waals surface area contributed by atoms with E-state index in [9.17, 15) is 13.6 Å². The Labute approximate surface area is 112 Å². The van der Waals surface area contributed by atoms with E-state index < -0.39 is 17.7 Å². The molecule has 0 saturated heterocycles. The molecule has 0 spiro atoms. The van der Waals surface area contributed by atoms with Gasteiger partial charge in [-0.05, 0) is 37.8 Å². The zero-order valence-electron chi connectivity index (χ0n) is 11.5. The fourth-order valence-corrected chi connectivity index (χ4v) is 1.63. The van der Waals surface area contributed by atoms with Crippen LogP contribution in [0, 0.1) is 17.6 Å². The minimum Gasteiger partial charge on any atom is -0.335 e. The van der Waals surface area contributed by atoms with Crippen LogP contribution in [0.4, 0.5) is 19.3 Å². The van der Waals surface area contributed by atoms with Gasteiger partial charge in [0.1, 0.15) is 11.6 Å². The van der Waals surface area contributed by atoms with E-state index in [1.807, 2.05) is 6.92 Å². The first kappa shape index (κ1) is 15.4. The number of rotatable bonds is 5. The summed E-state index contributed by atoms with van der Waals surface area (Å²) in [6.07, 6.45) is 1.86. The van der Waals surface area contributed by atoms with Gasteiger partial charge in [0.25, 0.3) is 0 Å². The molecule has 0 saturated carbocycles. The van der Waals surface area contributed by atoms with Gasteiger partial charge in [-0.3, -0.25) is 0 Å². The fraction of sp³-hybridized carbons (Fsp3) is 0.500. The first-order valence-corrected chi connectivity index (χ1v) is 6.41. The van der Waals surface area contributed by atoms with Crippen LogP contribution in [-0.4, -0.2) is 12.1 Å². The maximum absolute atomic E-state index is 13.3. The molecule has 1 aromatic carbocycles. The highest BCUT2D eigenvalue weighted by Gasteiger charge is 2.10. The first-order valence-electron chi connectivity index (χ1n) is 6.41. The summed E-state index contributed by atoms with van der Waals surface area (Å²) in [5, 5.41) is 5.08. The molecule has 5 heteroatoms.